The van der Waals surface area contributed by atoms with E-state index in [-0.39, 0.29) is 5.56 Å². The second-order valence-electron chi connectivity index (χ2n) is 8.61. The van der Waals surface area contributed by atoms with Gasteiger partial charge in [0.25, 0.3) is 5.56 Å². The zero-order valence-corrected chi connectivity index (χ0v) is 19.5. The van der Waals surface area contributed by atoms with Gasteiger partial charge in [-0.25, -0.2) is 4.98 Å². The number of rotatable bonds is 4. The molecule has 2 aromatic carbocycles. The Morgan fingerprint density at radius 3 is 2.64 bits per heavy atom. The maximum Gasteiger partial charge on any atom is 0.255 e. The number of halogens is 1. The van der Waals surface area contributed by atoms with Crippen LogP contribution in [0.5, 0.6) is 0 Å². The fourth-order valence-corrected chi connectivity index (χ4v) is 4.45. The molecule has 5 nitrogen and oxygen atoms in total. The molecule has 6 heteroatoms. The molecule has 0 spiro atoms. The van der Waals surface area contributed by atoms with E-state index < -0.39 is 0 Å². The number of H-pyrrole nitrogens is 1. The minimum atomic E-state index is -0.0713. The first-order valence-corrected chi connectivity index (χ1v) is 11.5. The number of benzene rings is 2. The second kappa shape index (κ2) is 8.93. The van der Waals surface area contributed by atoms with E-state index in [4.69, 9.17) is 21.6 Å². The largest absolute Gasteiger partial charge is 0.306 e. The standard InChI is InChI=1S/C27H25ClN4O/c1-17-4-3-5-22(18(17)2)24-11-6-19(14-29-24)15-32-13-12-25-23(16-32)27(33)31-26(30-25)20-7-9-21(28)10-8-20/h3-11,14H,12-13,15-16H2,1-2H3,(H,30,31,33). The van der Waals surface area contributed by atoms with Crippen molar-refractivity contribution in [3.8, 4) is 22.6 Å². The summed E-state index contributed by atoms with van der Waals surface area (Å²) in [5, 5.41) is 0.659. The second-order valence-corrected chi connectivity index (χ2v) is 9.04. The average Bonchev–Trinajstić information content (AvgIpc) is 2.82. The molecule has 4 aromatic rings. The van der Waals surface area contributed by atoms with Crippen LogP contribution < -0.4 is 5.56 Å². The number of hydrogen-bond donors (Lipinski definition) is 1. The lowest BCUT2D eigenvalue weighted by molar-refractivity contribution is 0.241. The van der Waals surface area contributed by atoms with Crippen LogP contribution in [-0.2, 0) is 19.5 Å². The molecule has 5 rings (SSSR count). The number of aromatic nitrogens is 3. The lowest BCUT2D eigenvalue weighted by atomic mass is 10.0. The summed E-state index contributed by atoms with van der Waals surface area (Å²) in [7, 11) is 0. The van der Waals surface area contributed by atoms with Crippen molar-refractivity contribution in [1.29, 1.82) is 0 Å². The van der Waals surface area contributed by atoms with Crippen molar-refractivity contribution in [3.05, 3.63) is 104 Å². The van der Waals surface area contributed by atoms with Crippen LogP contribution in [0.25, 0.3) is 22.6 Å². The summed E-state index contributed by atoms with van der Waals surface area (Å²) in [5.74, 6) is 0.593. The van der Waals surface area contributed by atoms with Crippen LogP contribution >= 0.6 is 11.6 Å². The van der Waals surface area contributed by atoms with Crippen LogP contribution in [-0.4, -0.2) is 26.4 Å². The van der Waals surface area contributed by atoms with Crippen molar-refractivity contribution in [2.24, 2.45) is 0 Å². The number of hydrogen-bond acceptors (Lipinski definition) is 4. The van der Waals surface area contributed by atoms with Crippen molar-refractivity contribution in [3.63, 3.8) is 0 Å². The minimum absolute atomic E-state index is 0.0713. The van der Waals surface area contributed by atoms with Crippen LogP contribution in [0.1, 0.15) is 27.9 Å². The smallest absolute Gasteiger partial charge is 0.255 e. The monoisotopic (exact) mass is 456 g/mol. The van der Waals surface area contributed by atoms with Crippen molar-refractivity contribution in [2.45, 2.75) is 33.4 Å². The molecule has 0 saturated heterocycles. The minimum Gasteiger partial charge on any atom is -0.306 e. The molecule has 0 fully saturated rings. The zero-order chi connectivity index (χ0) is 22.9. The Morgan fingerprint density at radius 2 is 1.88 bits per heavy atom. The molecule has 2 aromatic heterocycles. The number of nitrogens with one attached hydrogen (secondary N) is 1. The van der Waals surface area contributed by atoms with E-state index in [0.29, 0.717) is 17.4 Å². The van der Waals surface area contributed by atoms with Crippen LogP contribution in [0, 0.1) is 13.8 Å². The predicted molar refractivity (Wildman–Crippen MR) is 132 cm³/mol. The first kappa shape index (κ1) is 21.6. The van der Waals surface area contributed by atoms with Gasteiger partial charge in [0, 0.05) is 48.4 Å². The van der Waals surface area contributed by atoms with Crippen LogP contribution in [0.3, 0.4) is 0 Å². The Labute approximate surface area is 198 Å². The third-order valence-electron chi connectivity index (χ3n) is 6.38. The van der Waals surface area contributed by atoms with E-state index in [0.717, 1.165) is 47.6 Å². The Hall–Kier alpha value is -3.28. The summed E-state index contributed by atoms with van der Waals surface area (Å²) in [4.78, 5) is 27.5. The first-order valence-electron chi connectivity index (χ1n) is 11.1. The van der Waals surface area contributed by atoms with E-state index in [9.17, 15) is 4.79 Å². The number of pyridine rings is 1. The molecular formula is C27H25ClN4O. The Balaban J connectivity index is 1.32. The third-order valence-corrected chi connectivity index (χ3v) is 6.63. The van der Waals surface area contributed by atoms with E-state index in [2.05, 4.69) is 54.1 Å². The molecule has 0 unspecified atom stereocenters. The summed E-state index contributed by atoms with van der Waals surface area (Å²) < 4.78 is 0. The van der Waals surface area contributed by atoms with E-state index in [1.165, 1.54) is 16.7 Å². The highest BCUT2D eigenvalue weighted by atomic mass is 35.5. The van der Waals surface area contributed by atoms with E-state index in [1.54, 1.807) is 12.1 Å². The molecule has 166 valence electrons. The number of fused-ring (bicyclic) bond motifs is 1. The molecular weight excluding hydrogens is 432 g/mol. The lowest BCUT2D eigenvalue weighted by Crippen LogP contribution is -2.35. The Morgan fingerprint density at radius 1 is 1.06 bits per heavy atom. The topological polar surface area (TPSA) is 61.9 Å². The molecule has 0 amide bonds. The molecule has 1 aliphatic rings. The molecule has 0 bridgehead atoms. The summed E-state index contributed by atoms with van der Waals surface area (Å²) in [5.41, 5.74) is 8.23. The van der Waals surface area contributed by atoms with Crippen molar-refractivity contribution >= 4 is 11.6 Å². The van der Waals surface area contributed by atoms with Crippen LogP contribution in [0.2, 0.25) is 5.02 Å². The van der Waals surface area contributed by atoms with Gasteiger partial charge in [0.15, 0.2) is 0 Å². The van der Waals surface area contributed by atoms with Gasteiger partial charge in [-0.15, -0.1) is 0 Å². The number of aryl methyl sites for hydroxylation is 1. The van der Waals surface area contributed by atoms with Gasteiger partial charge in [-0.05, 0) is 60.9 Å². The molecule has 0 atom stereocenters. The highest BCUT2D eigenvalue weighted by Crippen LogP contribution is 2.25. The molecule has 3 heterocycles. The first-order chi connectivity index (χ1) is 16.0. The summed E-state index contributed by atoms with van der Waals surface area (Å²) in [6, 6.07) is 17.9. The molecule has 0 aliphatic carbocycles. The van der Waals surface area contributed by atoms with E-state index >= 15 is 0 Å². The number of aromatic amines is 1. The highest BCUT2D eigenvalue weighted by Gasteiger charge is 2.22. The maximum atomic E-state index is 12.8. The van der Waals surface area contributed by atoms with Gasteiger partial charge < -0.3 is 4.98 Å². The predicted octanol–water partition coefficient (Wildman–Crippen LogP) is 5.33. The molecule has 1 aliphatic heterocycles. The van der Waals surface area contributed by atoms with Gasteiger partial charge in [-0.2, -0.15) is 0 Å². The van der Waals surface area contributed by atoms with Crippen LogP contribution in [0.4, 0.5) is 0 Å². The van der Waals surface area contributed by atoms with Crippen LogP contribution in [0.15, 0.2) is 65.6 Å². The Bertz CT molecular complexity index is 1360. The summed E-state index contributed by atoms with van der Waals surface area (Å²) in [6.07, 6.45) is 2.69. The van der Waals surface area contributed by atoms with Gasteiger partial charge in [0.1, 0.15) is 5.82 Å². The Kier molecular flexibility index (Phi) is 5.83. The van der Waals surface area contributed by atoms with Gasteiger partial charge in [-0.3, -0.25) is 14.7 Å². The van der Waals surface area contributed by atoms with Crippen molar-refractivity contribution < 1.29 is 0 Å². The average molecular weight is 457 g/mol. The van der Waals surface area contributed by atoms with Crippen molar-refractivity contribution in [2.75, 3.05) is 6.54 Å². The normalized spacial score (nSPS) is 13.7. The third kappa shape index (κ3) is 4.47. The molecule has 0 radical (unpaired) electrons. The van der Waals surface area contributed by atoms with Gasteiger partial charge in [0.2, 0.25) is 0 Å². The quantitative estimate of drug-likeness (QED) is 0.451. The zero-order valence-electron chi connectivity index (χ0n) is 18.7. The van der Waals surface area contributed by atoms with Gasteiger partial charge in [-0.1, -0.05) is 35.9 Å². The molecule has 1 N–H and O–H groups in total. The summed E-state index contributed by atoms with van der Waals surface area (Å²) >= 11 is 5.98. The SMILES string of the molecule is Cc1cccc(-c2ccc(CN3CCc4nc(-c5ccc(Cl)cc5)[nH]c(=O)c4C3)cn2)c1C. The van der Waals surface area contributed by atoms with Crippen molar-refractivity contribution in [1.82, 2.24) is 19.9 Å². The summed E-state index contributed by atoms with van der Waals surface area (Å²) in [6.45, 7) is 6.43. The van der Waals surface area contributed by atoms with Gasteiger partial charge >= 0.3 is 0 Å². The maximum absolute atomic E-state index is 12.8. The highest BCUT2D eigenvalue weighted by molar-refractivity contribution is 6.30. The fraction of sp³-hybridized carbons (Fsp3) is 0.222. The molecule has 0 saturated carbocycles. The van der Waals surface area contributed by atoms with Gasteiger partial charge in [0.05, 0.1) is 17.0 Å². The molecule has 33 heavy (non-hydrogen) atoms. The lowest BCUT2D eigenvalue weighted by Gasteiger charge is -2.27. The van der Waals surface area contributed by atoms with E-state index in [1.807, 2.05) is 18.3 Å². The number of nitrogens with zero attached hydrogens (tertiary/aromatic N) is 3. The fourth-order valence-electron chi connectivity index (χ4n) is 4.32.